The molecule has 0 spiro atoms. The van der Waals surface area contributed by atoms with Gasteiger partial charge in [-0.3, -0.25) is 9.59 Å². The lowest BCUT2D eigenvalue weighted by Crippen LogP contribution is -2.40. The number of carbonyl (C=O) groups excluding carboxylic acids is 1. The van der Waals surface area contributed by atoms with Gasteiger partial charge in [-0.25, -0.2) is 0 Å². The maximum Gasteiger partial charge on any atom is 0.303 e. The normalized spacial score (nSPS) is 18.9. The molecule has 1 fully saturated rings. The first-order valence-corrected chi connectivity index (χ1v) is 7.14. The number of rotatable bonds is 4. The molecule has 0 radical (unpaired) electrons. The summed E-state index contributed by atoms with van der Waals surface area (Å²) in [4.78, 5) is 25.0. The van der Waals surface area contributed by atoms with Crippen LogP contribution in [0.2, 0.25) is 0 Å². The summed E-state index contributed by atoms with van der Waals surface area (Å²) >= 11 is 0. The summed E-state index contributed by atoms with van der Waals surface area (Å²) in [6.07, 6.45) is 2.83. The van der Waals surface area contributed by atoms with Gasteiger partial charge in [-0.2, -0.15) is 0 Å². The van der Waals surface area contributed by atoms with Gasteiger partial charge in [-0.15, -0.1) is 0 Å². The zero-order valence-electron chi connectivity index (χ0n) is 11.8. The van der Waals surface area contributed by atoms with Gasteiger partial charge >= 0.3 is 5.97 Å². The lowest BCUT2D eigenvalue weighted by atomic mass is 9.92. The Morgan fingerprint density at radius 2 is 2.10 bits per heavy atom. The second kappa shape index (κ2) is 6.55. The Bertz CT molecular complexity index is 498. The van der Waals surface area contributed by atoms with Crippen LogP contribution in [0.15, 0.2) is 24.3 Å². The van der Waals surface area contributed by atoms with E-state index in [1.807, 2.05) is 36.1 Å². The molecule has 0 aliphatic carbocycles. The van der Waals surface area contributed by atoms with E-state index in [-0.39, 0.29) is 12.3 Å². The largest absolute Gasteiger partial charge is 0.481 e. The van der Waals surface area contributed by atoms with Gasteiger partial charge < -0.3 is 10.0 Å². The molecule has 4 heteroatoms. The van der Waals surface area contributed by atoms with Crippen LogP contribution in [0, 0.1) is 12.8 Å². The molecule has 4 nitrogen and oxygen atoms in total. The molecule has 1 aliphatic heterocycles. The second-order valence-electron chi connectivity index (χ2n) is 5.51. The minimum absolute atomic E-state index is 0.0723. The highest BCUT2D eigenvalue weighted by Gasteiger charge is 2.25. The van der Waals surface area contributed by atoms with Crippen molar-refractivity contribution < 1.29 is 14.7 Å². The molecule has 1 heterocycles. The number of nitrogens with zero attached hydrogens (tertiary/aromatic N) is 1. The van der Waals surface area contributed by atoms with Gasteiger partial charge in [-0.05, 0) is 43.7 Å². The number of likely N-dealkylation sites (tertiary alicyclic amines) is 1. The van der Waals surface area contributed by atoms with Gasteiger partial charge in [-0.1, -0.05) is 18.2 Å². The molecule has 0 aromatic heterocycles. The molecule has 1 amide bonds. The van der Waals surface area contributed by atoms with E-state index in [0.29, 0.717) is 18.9 Å². The predicted molar refractivity (Wildman–Crippen MR) is 76.7 cm³/mol. The number of aryl methyl sites for hydroxylation is 1. The monoisotopic (exact) mass is 275 g/mol. The molecule has 0 saturated carbocycles. The Balaban J connectivity index is 2.00. The van der Waals surface area contributed by atoms with Crippen LogP contribution in [-0.4, -0.2) is 35.0 Å². The highest BCUT2D eigenvalue weighted by atomic mass is 16.4. The third kappa shape index (κ3) is 3.59. The number of amides is 1. The summed E-state index contributed by atoms with van der Waals surface area (Å²) in [6, 6.07) is 7.61. The SMILES string of the molecule is Cc1ccccc1C(=O)N1CCC[C@@H](CCC(=O)O)C1. The van der Waals surface area contributed by atoms with Crippen LogP contribution < -0.4 is 0 Å². The van der Waals surface area contributed by atoms with Crippen molar-refractivity contribution in [2.45, 2.75) is 32.6 Å². The van der Waals surface area contributed by atoms with E-state index in [0.717, 1.165) is 30.5 Å². The first kappa shape index (κ1) is 14.6. The summed E-state index contributed by atoms with van der Waals surface area (Å²) < 4.78 is 0. The fraction of sp³-hybridized carbons (Fsp3) is 0.500. The van der Waals surface area contributed by atoms with E-state index in [9.17, 15) is 9.59 Å². The number of carboxylic acids is 1. The maximum absolute atomic E-state index is 12.5. The van der Waals surface area contributed by atoms with Crippen LogP contribution in [0.5, 0.6) is 0 Å². The number of carbonyl (C=O) groups is 2. The van der Waals surface area contributed by atoms with Crippen molar-refractivity contribution in [3.8, 4) is 0 Å². The van der Waals surface area contributed by atoms with Crippen molar-refractivity contribution in [3.05, 3.63) is 35.4 Å². The second-order valence-corrected chi connectivity index (χ2v) is 5.51. The van der Waals surface area contributed by atoms with Gasteiger partial charge in [0.15, 0.2) is 0 Å². The Labute approximate surface area is 119 Å². The Morgan fingerprint density at radius 1 is 1.35 bits per heavy atom. The van der Waals surface area contributed by atoms with Crippen molar-refractivity contribution in [1.82, 2.24) is 4.90 Å². The van der Waals surface area contributed by atoms with Crippen LogP contribution in [0.4, 0.5) is 0 Å². The van der Waals surface area contributed by atoms with E-state index in [4.69, 9.17) is 5.11 Å². The molecule has 1 aromatic carbocycles. The van der Waals surface area contributed by atoms with Crippen LogP contribution in [0.1, 0.15) is 41.6 Å². The standard InChI is InChI=1S/C16H21NO3/c1-12-5-2-3-7-14(12)16(20)17-10-4-6-13(11-17)8-9-15(18)19/h2-3,5,7,13H,4,6,8-11H2,1H3,(H,18,19)/t13-/m0/s1. The molecular formula is C16H21NO3. The predicted octanol–water partition coefficient (Wildman–Crippen LogP) is 2.71. The maximum atomic E-state index is 12.5. The third-order valence-corrected chi connectivity index (χ3v) is 3.95. The minimum Gasteiger partial charge on any atom is -0.481 e. The molecule has 0 unspecified atom stereocenters. The zero-order valence-corrected chi connectivity index (χ0v) is 11.8. The lowest BCUT2D eigenvalue weighted by Gasteiger charge is -2.33. The van der Waals surface area contributed by atoms with Crippen LogP contribution >= 0.6 is 0 Å². The molecule has 1 aromatic rings. The van der Waals surface area contributed by atoms with Crippen LogP contribution in [0.25, 0.3) is 0 Å². The van der Waals surface area contributed by atoms with Crippen LogP contribution in [-0.2, 0) is 4.79 Å². The average molecular weight is 275 g/mol. The van der Waals surface area contributed by atoms with Gasteiger partial charge in [0.2, 0.25) is 0 Å². The molecule has 1 atom stereocenters. The van der Waals surface area contributed by atoms with E-state index in [1.165, 1.54) is 0 Å². The smallest absolute Gasteiger partial charge is 0.303 e. The fourth-order valence-corrected chi connectivity index (χ4v) is 2.80. The van der Waals surface area contributed by atoms with Crippen molar-refractivity contribution in [2.24, 2.45) is 5.92 Å². The van der Waals surface area contributed by atoms with Crippen molar-refractivity contribution in [2.75, 3.05) is 13.1 Å². The summed E-state index contributed by atoms with van der Waals surface area (Å²) in [5.74, 6) is -0.372. The zero-order chi connectivity index (χ0) is 14.5. The topological polar surface area (TPSA) is 57.6 Å². The van der Waals surface area contributed by atoms with Crippen LogP contribution in [0.3, 0.4) is 0 Å². The highest BCUT2D eigenvalue weighted by molar-refractivity contribution is 5.95. The molecule has 20 heavy (non-hydrogen) atoms. The molecule has 2 rings (SSSR count). The van der Waals surface area contributed by atoms with E-state index in [2.05, 4.69) is 0 Å². The summed E-state index contributed by atoms with van der Waals surface area (Å²) in [5.41, 5.74) is 1.75. The summed E-state index contributed by atoms with van der Waals surface area (Å²) in [5, 5.41) is 8.75. The molecule has 0 bridgehead atoms. The quantitative estimate of drug-likeness (QED) is 0.919. The number of carboxylic acid groups (broad SMARTS) is 1. The number of benzene rings is 1. The Kier molecular flexibility index (Phi) is 4.77. The molecule has 1 saturated heterocycles. The number of aliphatic carboxylic acids is 1. The number of piperidine rings is 1. The highest BCUT2D eigenvalue weighted by Crippen LogP contribution is 2.23. The first-order chi connectivity index (χ1) is 9.58. The molecule has 1 N–H and O–H groups in total. The third-order valence-electron chi connectivity index (χ3n) is 3.95. The lowest BCUT2D eigenvalue weighted by molar-refractivity contribution is -0.137. The number of hydrogen-bond acceptors (Lipinski definition) is 2. The molecular weight excluding hydrogens is 254 g/mol. The van der Waals surface area contributed by atoms with Crippen molar-refractivity contribution in [3.63, 3.8) is 0 Å². The fourth-order valence-electron chi connectivity index (χ4n) is 2.80. The first-order valence-electron chi connectivity index (χ1n) is 7.14. The minimum atomic E-state index is -0.757. The van der Waals surface area contributed by atoms with Gasteiger partial charge in [0.1, 0.15) is 0 Å². The van der Waals surface area contributed by atoms with Gasteiger partial charge in [0, 0.05) is 25.1 Å². The van der Waals surface area contributed by atoms with Crippen molar-refractivity contribution in [1.29, 1.82) is 0 Å². The van der Waals surface area contributed by atoms with E-state index in [1.54, 1.807) is 0 Å². The van der Waals surface area contributed by atoms with Crippen molar-refractivity contribution >= 4 is 11.9 Å². The van der Waals surface area contributed by atoms with Gasteiger partial charge in [0.25, 0.3) is 5.91 Å². The van der Waals surface area contributed by atoms with E-state index >= 15 is 0 Å². The molecule has 1 aliphatic rings. The Hall–Kier alpha value is -1.84. The number of hydrogen-bond donors (Lipinski definition) is 1. The summed E-state index contributed by atoms with van der Waals surface area (Å²) in [7, 11) is 0. The van der Waals surface area contributed by atoms with E-state index < -0.39 is 5.97 Å². The summed E-state index contributed by atoms with van der Waals surface area (Å²) in [6.45, 7) is 3.40. The Morgan fingerprint density at radius 3 is 2.80 bits per heavy atom. The van der Waals surface area contributed by atoms with Gasteiger partial charge in [0.05, 0.1) is 0 Å². The average Bonchev–Trinajstić information content (AvgIpc) is 2.45. The molecule has 108 valence electrons.